The van der Waals surface area contributed by atoms with Gasteiger partial charge in [-0.1, -0.05) is 31.3 Å². The molecule has 1 amide bonds. The molecule has 1 aromatic heterocycles. The second-order valence-electron chi connectivity index (χ2n) is 6.47. The summed E-state index contributed by atoms with van der Waals surface area (Å²) in [6.07, 6.45) is 3.30. The Morgan fingerprint density at radius 1 is 1.40 bits per heavy atom. The number of ether oxygens (including phenoxy) is 1. The van der Waals surface area contributed by atoms with Crippen LogP contribution in [-0.4, -0.2) is 24.1 Å². The molecule has 0 atom stereocenters. The number of nitriles is 1. The molecule has 25 heavy (non-hydrogen) atoms. The highest BCUT2D eigenvalue weighted by atomic mass is 32.1. The molecule has 0 aliphatic carbocycles. The predicted molar refractivity (Wildman–Crippen MR) is 98.5 cm³/mol. The summed E-state index contributed by atoms with van der Waals surface area (Å²) in [4.78, 5) is 17.6. The minimum Gasteiger partial charge on any atom is -0.381 e. The van der Waals surface area contributed by atoms with Crippen molar-refractivity contribution in [3.63, 3.8) is 0 Å². The van der Waals surface area contributed by atoms with E-state index in [1.54, 1.807) is 6.20 Å². The van der Waals surface area contributed by atoms with Gasteiger partial charge in [0.25, 0.3) is 0 Å². The largest absolute Gasteiger partial charge is 0.381 e. The smallest absolute Gasteiger partial charge is 0.229 e. The first-order chi connectivity index (χ1) is 12.1. The number of aromatic nitrogens is 1. The quantitative estimate of drug-likeness (QED) is 0.893. The Bertz CT molecular complexity index is 801. The molecule has 130 valence electrons. The predicted octanol–water partition coefficient (Wildman–Crippen LogP) is 4.17. The highest BCUT2D eigenvalue weighted by Crippen LogP contribution is 2.32. The van der Waals surface area contributed by atoms with Gasteiger partial charge in [-0.3, -0.25) is 4.79 Å². The van der Waals surface area contributed by atoms with E-state index in [2.05, 4.69) is 30.2 Å². The molecule has 1 N–H and O–H groups in total. The zero-order chi connectivity index (χ0) is 17.8. The Labute approximate surface area is 151 Å². The number of rotatable bonds is 4. The molecular weight excluding hydrogens is 334 g/mol. The van der Waals surface area contributed by atoms with Crippen molar-refractivity contribution in [2.75, 3.05) is 18.5 Å². The van der Waals surface area contributed by atoms with E-state index >= 15 is 0 Å². The van der Waals surface area contributed by atoms with Crippen molar-refractivity contribution < 1.29 is 9.53 Å². The van der Waals surface area contributed by atoms with Gasteiger partial charge in [0, 0.05) is 25.3 Å². The number of carbonyl (C=O) groups excluding carboxylic acids is 1. The van der Waals surface area contributed by atoms with E-state index in [0.717, 1.165) is 28.8 Å². The maximum atomic E-state index is 12.3. The number of hydrogen-bond donors (Lipinski definition) is 1. The molecule has 0 spiro atoms. The fourth-order valence-corrected chi connectivity index (χ4v) is 3.74. The fraction of sp³-hybridized carbons (Fsp3) is 0.421. The lowest BCUT2D eigenvalue weighted by Crippen LogP contribution is -2.28. The van der Waals surface area contributed by atoms with Crippen molar-refractivity contribution in [2.24, 2.45) is 5.92 Å². The van der Waals surface area contributed by atoms with Crippen LogP contribution in [-0.2, 0) is 9.53 Å². The van der Waals surface area contributed by atoms with Crippen LogP contribution < -0.4 is 5.32 Å². The summed E-state index contributed by atoms with van der Waals surface area (Å²) in [6.45, 7) is 5.44. The molecule has 2 aromatic rings. The van der Waals surface area contributed by atoms with Gasteiger partial charge in [-0.2, -0.15) is 5.26 Å². The normalized spacial score (nSPS) is 15.1. The minimum atomic E-state index is 0.00329. The van der Waals surface area contributed by atoms with Gasteiger partial charge < -0.3 is 10.1 Å². The number of amides is 1. The number of thiazole rings is 1. The highest BCUT2D eigenvalue weighted by Gasteiger charge is 2.22. The van der Waals surface area contributed by atoms with Gasteiger partial charge in [-0.15, -0.1) is 0 Å². The zero-order valence-electron chi connectivity index (χ0n) is 14.4. The molecule has 3 rings (SSSR count). The van der Waals surface area contributed by atoms with E-state index in [1.165, 1.54) is 11.3 Å². The number of hydrogen-bond acceptors (Lipinski definition) is 5. The SMILES string of the molecule is CC(C)c1cc(-c2cnc(NC(=O)C3CCOCC3)s2)ccc1C#N. The summed E-state index contributed by atoms with van der Waals surface area (Å²) < 4.78 is 5.30. The molecule has 2 heterocycles. The van der Waals surface area contributed by atoms with E-state index in [0.29, 0.717) is 23.9 Å². The lowest BCUT2D eigenvalue weighted by atomic mass is 9.95. The van der Waals surface area contributed by atoms with Crippen LogP contribution >= 0.6 is 11.3 Å². The first-order valence-electron chi connectivity index (χ1n) is 8.47. The van der Waals surface area contributed by atoms with Crippen molar-refractivity contribution in [3.8, 4) is 16.5 Å². The summed E-state index contributed by atoms with van der Waals surface area (Å²) >= 11 is 1.45. The van der Waals surface area contributed by atoms with E-state index < -0.39 is 0 Å². The average Bonchev–Trinajstić information content (AvgIpc) is 3.10. The number of nitrogens with zero attached hydrogens (tertiary/aromatic N) is 2. The minimum absolute atomic E-state index is 0.00329. The third kappa shape index (κ3) is 4.06. The van der Waals surface area contributed by atoms with Gasteiger partial charge in [-0.05, 0) is 42.0 Å². The number of benzene rings is 1. The van der Waals surface area contributed by atoms with Crippen LogP contribution in [0.4, 0.5) is 5.13 Å². The molecule has 1 aliphatic heterocycles. The average molecular weight is 355 g/mol. The summed E-state index contributed by atoms with van der Waals surface area (Å²) in [5.41, 5.74) is 2.75. The third-order valence-electron chi connectivity index (χ3n) is 4.41. The van der Waals surface area contributed by atoms with E-state index in [-0.39, 0.29) is 17.7 Å². The second kappa shape index (κ2) is 7.77. The van der Waals surface area contributed by atoms with E-state index in [4.69, 9.17) is 4.74 Å². The van der Waals surface area contributed by atoms with Crippen molar-refractivity contribution in [2.45, 2.75) is 32.6 Å². The van der Waals surface area contributed by atoms with Crippen molar-refractivity contribution in [1.29, 1.82) is 5.26 Å². The number of carbonyl (C=O) groups is 1. The molecule has 0 unspecified atom stereocenters. The Morgan fingerprint density at radius 2 is 2.16 bits per heavy atom. The van der Waals surface area contributed by atoms with Crippen LogP contribution in [0.1, 0.15) is 43.7 Å². The van der Waals surface area contributed by atoms with Gasteiger partial charge in [0.05, 0.1) is 16.5 Å². The summed E-state index contributed by atoms with van der Waals surface area (Å²) in [5, 5.41) is 12.8. The second-order valence-corrected chi connectivity index (χ2v) is 7.50. The van der Waals surface area contributed by atoms with Gasteiger partial charge in [-0.25, -0.2) is 4.98 Å². The van der Waals surface area contributed by atoms with Crippen LogP contribution in [0.5, 0.6) is 0 Å². The maximum absolute atomic E-state index is 12.3. The highest BCUT2D eigenvalue weighted by molar-refractivity contribution is 7.19. The standard InChI is InChI=1S/C19H21N3O2S/c1-12(2)16-9-14(3-4-15(16)10-20)17-11-21-19(25-17)22-18(23)13-5-7-24-8-6-13/h3-4,9,11-13H,5-8H2,1-2H3,(H,21,22,23). The molecule has 5 nitrogen and oxygen atoms in total. The molecule has 0 bridgehead atoms. The third-order valence-corrected chi connectivity index (χ3v) is 5.37. The van der Waals surface area contributed by atoms with Gasteiger partial charge >= 0.3 is 0 Å². The van der Waals surface area contributed by atoms with Crippen molar-refractivity contribution in [1.82, 2.24) is 4.98 Å². The Morgan fingerprint density at radius 3 is 2.84 bits per heavy atom. The Balaban J connectivity index is 1.76. The molecule has 1 fully saturated rings. The molecule has 6 heteroatoms. The maximum Gasteiger partial charge on any atom is 0.229 e. The first-order valence-corrected chi connectivity index (χ1v) is 9.29. The lowest BCUT2D eigenvalue weighted by Gasteiger charge is -2.20. The van der Waals surface area contributed by atoms with Crippen LogP contribution in [0.15, 0.2) is 24.4 Å². The number of anilines is 1. The van der Waals surface area contributed by atoms with Crippen LogP contribution in [0.2, 0.25) is 0 Å². The molecule has 0 saturated carbocycles. The fourth-order valence-electron chi connectivity index (χ4n) is 2.93. The summed E-state index contributed by atoms with van der Waals surface area (Å²) in [6, 6.07) is 8.07. The van der Waals surface area contributed by atoms with Gasteiger partial charge in [0.1, 0.15) is 0 Å². The Hall–Kier alpha value is -2.23. The monoisotopic (exact) mass is 355 g/mol. The lowest BCUT2D eigenvalue weighted by molar-refractivity contribution is -0.122. The van der Waals surface area contributed by atoms with Crippen molar-refractivity contribution in [3.05, 3.63) is 35.5 Å². The van der Waals surface area contributed by atoms with Gasteiger partial charge in [0.15, 0.2) is 5.13 Å². The van der Waals surface area contributed by atoms with Crippen molar-refractivity contribution >= 4 is 22.4 Å². The first kappa shape index (κ1) is 17.6. The van der Waals surface area contributed by atoms with E-state index in [9.17, 15) is 10.1 Å². The molecular formula is C19H21N3O2S. The summed E-state index contributed by atoms with van der Waals surface area (Å²) in [5.74, 6) is 0.297. The molecule has 1 saturated heterocycles. The zero-order valence-corrected chi connectivity index (χ0v) is 15.2. The molecule has 1 aliphatic rings. The Kier molecular flexibility index (Phi) is 5.47. The summed E-state index contributed by atoms with van der Waals surface area (Å²) in [7, 11) is 0. The molecule has 0 radical (unpaired) electrons. The van der Waals surface area contributed by atoms with Gasteiger partial charge in [0.2, 0.25) is 5.91 Å². The van der Waals surface area contributed by atoms with Crippen LogP contribution in [0.25, 0.3) is 10.4 Å². The van der Waals surface area contributed by atoms with Crippen LogP contribution in [0, 0.1) is 17.2 Å². The number of nitrogens with one attached hydrogen (secondary N) is 1. The topological polar surface area (TPSA) is 75.0 Å². The molecule has 1 aromatic carbocycles. The van der Waals surface area contributed by atoms with Crippen LogP contribution in [0.3, 0.4) is 0 Å². The van der Waals surface area contributed by atoms with E-state index in [1.807, 2.05) is 18.2 Å².